The van der Waals surface area contributed by atoms with Gasteiger partial charge in [-0.3, -0.25) is 19.3 Å². The second-order valence-corrected chi connectivity index (χ2v) is 5.45. The van der Waals surface area contributed by atoms with Crippen molar-refractivity contribution in [3.05, 3.63) is 92.1 Å². The van der Waals surface area contributed by atoms with Crippen molar-refractivity contribution in [1.29, 1.82) is 0 Å². The standard InChI is InChI=1S/C18H13F2N3O3/c19-12-6-4-11(5-7-12)10-23-17(25)15(16(24)22-18(23)26)9-21-14-3-1-2-13(20)8-14/h1-9,25H,10H2,(H,22,24,26). The zero-order valence-electron chi connectivity index (χ0n) is 13.3. The van der Waals surface area contributed by atoms with Crippen LogP contribution in [0.15, 0.2) is 63.1 Å². The third-order valence-corrected chi connectivity index (χ3v) is 3.61. The van der Waals surface area contributed by atoms with E-state index in [0.717, 1.165) is 16.8 Å². The summed E-state index contributed by atoms with van der Waals surface area (Å²) in [5, 5.41) is 10.3. The molecule has 0 unspecified atom stereocenters. The van der Waals surface area contributed by atoms with Crippen LogP contribution in [0, 0.1) is 11.6 Å². The molecule has 3 aromatic rings. The highest BCUT2D eigenvalue weighted by Gasteiger charge is 2.13. The van der Waals surface area contributed by atoms with Crippen LogP contribution >= 0.6 is 0 Å². The van der Waals surface area contributed by atoms with Gasteiger partial charge in [0.2, 0.25) is 5.88 Å². The molecule has 0 bridgehead atoms. The molecule has 8 heteroatoms. The van der Waals surface area contributed by atoms with Crippen molar-refractivity contribution in [2.45, 2.75) is 6.54 Å². The number of benzene rings is 2. The Morgan fingerprint density at radius 2 is 1.81 bits per heavy atom. The van der Waals surface area contributed by atoms with Gasteiger partial charge in [-0.05, 0) is 35.9 Å². The van der Waals surface area contributed by atoms with Crippen molar-refractivity contribution < 1.29 is 13.9 Å². The first kappa shape index (κ1) is 17.3. The molecule has 0 aliphatic rings. The molecule has 2 aromatic carbocycles. The molecule has 132 valence electrons. The minimum atomic E-state index is -0.831. The van der Waals surface area contributed by atoms with Crippen LogP contribution in [0.25, 0.3) is 0 Å². The van der Waals surface area contributed by atoms with Gasteiger partial charge in [0, 0.05) is 6.21 Å². The van der Waals surface area contributed by atoms with Gasteiger partial charge in [0.05, 0.1) is 12.2 Å². The summed E-state index contributed by atoms with van der Waals surface area (Å²) < 4.78 is 27.1. The number of hydrogen-bond donors (Lipinski definition) is 2. The lowest BCUT2D eigenvalue weighted by Gasteiger charge is -2.09. The van der Waals surface area contributed by atoms with Crippen molar-refractivity contribution in [1.82, 2.24) is 9.55 Å². The fourth-order valence-electron chi connectivity index (χ4n) is 2.31. The van der Waals surface area contributed by atoms with Crippen LogP contribution in [0.2, 0.25) is 0 Å². The van der Waals surface area contributed by atoms with Crippen molar-refractivity contribution >= 4 is 11.9 Å². The summed E-state index contributed by atoms with van der Waals surface area (Å²) in [4.78, 5) is 30.0. The normalized spacial score (nSPS) is 11.2. The maximum absolute atomic E-state index is 13.2. The van der Waals surface area contributed by atoms with Crippen LogP contribution in [-0.4, -0.2) is 20.9 Å². The summed E-state index contributed by atoms with van der Waals surface area (Å²) in [5.74, 6) is -1.53. The molecule has 0 saturated heterocycles. The average Bonchev–Trinajstić information content (AvgIpc) is 2.60. The van der Waals surface area contributed by atoms with E-state index >= 15 is 0 Å². The van der Waals surface area contributed by atoms with E-state index in [-0.39, 0.29) is 17.8 Å². The molecule has 0 fully saturated rings. The first-order chi connectivity index (χ1) is 12.4. The van der Waals surface area contributed by atoms with E-state index in [1.165, 1.54) is 42.5 Å². The smallest absolute Gasteiger partial charge is 0.331 e. The molecule has 2 N–H and O–H groups in total. The van der Waals surface area contributed by atoms with Crippen LogP contribution < -0.4 is 11.2 Å². The number of hydrogen-bond acceptors (Lipinski definition) is 4. The quantitative estimate of drug-likeness (QED) is 0.703. The number of halogens is 2. The molecular formula is C18H13F2N3O3. The van der Waals surface area contributed by atoms with Gasteiger partial charge in [-0.2, -0.15) is 0 Å². The highest BCUT2D eigenvalue weighted by molar-refractivity contribution is 5.84. The van der Waals surface area contributed by atoms with Crippen LogP contribution in [0.4, 0.5) is 14.5 Å². The Kier molecular flexibility index (Phi) is 4.74. The van der Waals surface area contributed by atoms with Gasteiger partial charge < -0.3 is 5.11 Å². The first-order valence-electron chi connectivity index (χ1n) is 7.54. The minimum Gasteiger partial charge on any atom is -0.494 e. The van der Waals surface area contributed by atoms with Gasteiger partial charge in [-0.25, -0.2) is 13.6 Å². The van der Waals surface area contributed by atoms with Crippen molar-refractivity contribution in [3.63, 3.8) is 0 Å². The van der Waals surface area contributed by atoms with E-state index in [9.17, 15) is 23.5 Å². The Hall–Kier alpha value is -3.55. The van der Waals surface area contributed by atoms with Crippen molar-refractivity contribution in [3.8, 4) is 5.88 Å². The molecule has 0 amide bonds. The van der Waals surface area contributed by atoms with Gasteiger partial charge >= 0.3 is 5.69 Å². The Morgan fingerprint density at radius 1 is 1.08 bits per heavy atom. The van der Waals surface area contributed by atoms with Crippen LogP contribution in [-0.2, 0) is 6.54 Å². The van der Waals surface area contributed by atoms with E-state index in [0.29, 0.717) is 5.56 Å². The first-order valence-corrected chi connectivity index (χ1v) is 7.54. The summed E-state index contributed by atoms with van der Waals surface area (Å²) >= 11 is 0. The summed E-state index contributed by atoms with van der Waals surface area (Å²) in [5.41, 5.74) is -1.12. The molecule has 0 aliphatic carbocycles. The molecule has 0 aliphatic heterocycles. The Labute approximate surface area is 145 Å². The highest BCUT2D eigenvalue weighted by atomic mass is 19.1. The summed E-state index contributed by atoms with van der Waals surface area (Å²) in [6, 6.07) is 10.7. The van der Waals surface area contributed by atoms with Crippen molar-refractivity contribution in [2.24, 2.45) is 4.99 Å². The fourth-order valence-corrected chi connectivity index (χ4v) is 2.31. The number of H-pyrrole nitrogens is 1. The van der Waals surface area contributed by atoms with Crippen LogP contribution in [0.5, 0.6) is 5.88 Å². The number of aromatic nitrogens is 2. The van der Waals surface area contributed by atoms with Gasteiger partial charge in [-0.15, -0.1) is 0 Å². The molecular weight excluding hydrogens is 344 g/mol. The van der Waals surface area contributed by atoms with Gasteiger partial charge in [0.25, 0.3) is 5.56 Å². The lowest BCUT2D eigenvalue weighted by Crippen LogP contribution is -2.32. The summed E-state index contributed by atoms with van der Waals surface area (Å²) in [7, 11) is 0. The van der Waals surface area contributed by atoms with E-state index in [1.807, 2.05) is 0 Å². The highest BCUT2D eigenvalue weighted by Crippen LogP contribution is 2.15. The van der Waals surface area contributed by atoms with Crippen LogP contribution in [0.3, 0.4) is 0 Å². The number of nitrogens with zero attached hydrogens (tertiary/aromatic N) is 2. The molecule has 3 rings (SSSR count). The van der Waals surface area contributed by atoms with E-state index in [1.54, 1.807) is 0 Å². The Bertz CT molecular complexity index is 1090. The third-order valence-electron chi connectivity index (χ3n) is 3.61. The summed E-state index contributed by atoms with van der Waals surface area (Å²) in [6.07, 6.45) is 1.05. The SMILES string of the molecule is O=c1[nH]c(=O)n(Cc2ccc(F)cc2)c(O)c1C=Nc1cccc(F)c1. The Balaban J connectivity index is 2.00. The lowest BCUT2D eigenvalue weighted by atomic mass is 10.2. The maximum Gasteiger partial charge on any atom is 0.331 e. The molecule has 1 aromatic heterocycles. The molecule has 1 heterocycles. The molecule has 0 atom stereocenters. The second-order valence-electron chi connectivity index (χ2n) is 5.45. The number of rotatable bonds is 4. The maximum atomic E-state index is 13.2. The number of aliphatic imine (C=N–C) groups is 1. The van der Waals surface area contributed by atoms with Crippen molar-refractivity contribution in [2.75, 3.05) is 0 Å². The zero-order valence-corrected chi connectivity index (χ0v) is 13.3. The lowest BCUT2D eigenvalue weighted by molar-refractivity contribution is 0.408. The number of aromatic hydroxyl groups is 1. The Morgan fingerprint density at radius 3 is 2.50 bits per heavy atom. The van der Waals surface area contributed by atoms with Gasteiger partial charge in [0.15, 0.2) is 0 Å². The molecule has 0 spiro atoms. The van der Waals surface area contributed by atoms with E-state index < -0.39 is 28.8 Å². The van der Waals surface area contributed by atoms with Crippen LogP contribution in [0.1, 0.15) is 11.1 Å². The minimum absolute atomic E-state index is 0.0808. The van der Waals surface area contributed by atoms with E-state index in [2.05, 4.69) is 9.98 Å². The zero-order chi connectivity index (χ0) is 18.7. The fraction of sp³-hybridized carbons (Fsp3) is 0.0556. The molecule has 26 heavy (non-hydrogen) atoms. The third kappa shape index (κ3) is 3.75. The topological polar surface area (TPSA) is 87.5 Å². The average molecular weight is 357 g/mol. The predicted molar refractivity (Wildman–Crippen MR) is 92.1 cm³/mol. The second kappa shape index (κ2) is 7.14. The summed E-state index contributed by atoms with van der Waals surface area (Å²) in [6.45, 7) is -0.0808. The molecule has 0 saturated carbocycles. The van der Waals surface area contributed by atoms with Gasteiger partial charge in [-0.1, -0.05) is 18.2 Å². The molecule has 6 nitrogen and oxygen atoms in total. The largest absolute Gasteiger partial charge is 0.494 e. The van der Waals surface area contributed by atoms with Gasteiger partial charge in [0.1, 0.15) is 17.2 Å². The van der Waals surface area contributed by atoms with E-state index in [4.69, 9.17) is 0 Å². The predicted octanol–water partition coefficient (Wildman–Crippen LogP) is 2.32. The number of nitrogens with one attached hydrogen (secondary N) is 1. The monoisotopic (exact) mass is 357 g/mol. The number of aromatic amines is 1. The molecule has 0 radical (unpaired) electrons.